The third-order valence-electron chi connectivity index (χ3n) is 5.83. The average molecular weight is 437 g/mol. The van der Waals surface area contributed by atoms with Crippen molar-refractivity contribution in [2.24, 2.45) is 10.9 Å². The van der Waals surface area contributed by atoms with Gasteiger partial charge < -0.3 is 10.6 Å². The monoisotopic (exact) mass is 436 g/mol. The summed E-state index contributed by atoms with van der Waals surface area (Å²) in [6.07, 6.45) is 7.38. The van der Waals surface area contributed by atoms with Gasteiger partial charge in [0.05, 0.1) is 18.0 Å². The van der Waals surface area contributed by atoms with Gasteiger partial charge in [-0.05, 0) is 50.7 Å². The largest absolute Gasteiger partial charge is 0.357 e. The lowest BCUT2D eigenvalue weighted by molar-refractivity contribution is 0.196. The predicted octanol–water partition coefficient (Wildman–Crippen LogP) is 1.32. The average Bonchev–Trinajstić information content (AvgIpc) is 2.69. The predicted molar refractivity (Wildman–Crippen MR) is 121 cm³/mol. The van der Waals surface area contributed by atoms with Crippen molar-refractivity contribution in [3.63, 3.8) is 0 Å². The minimum Gasteiger partial charge on any atom is -0.357 e. The number of nitrogens with zero attached hydrogens (tertiary/aromatic N) is 3. The van der Waals surface area contributed by atoms with E-state index in [0.29, 0.717) is 24.5 Å². The van der Waals surface area contributed by atoms with Gasteiger partial charge in [-0.25, -0.2) is 13.1 Å². The van der Waals surface area contributed by atoms with Crippen LogP contribution in [0.5, 0.6) is 0 Å². The summed E-state index contributed by atoms with van der Waals surface area (Å²) in [4.78, 5) is 11.3. The normalized spacial score (nSPS) is 19.4. The van der Waals surface area contributed by atoms with Gasteiger partial charge in [-0.2, -0.15) is 0 Å². The lowest BCUT2D eigenvalue weighted by Crippen LogP contribution is -2.48. The quantitative estimate of drug-likeness (QED) is 0.378. The number of hydrogen-bond acceptors (Lipinski definition) is 5. The molecule has 2 aliphatic rings. The van der Waals surface area contributed by atoms with E-state index in [-0.39, 0.29) is 12.3 Å². The molecule has 9 heteroatoms. The van der Waals surface area contributed by atoms with Gasteiger partial charge in [0.2, 0.25) is 10.0 Å². The molecule has 0 bridgehead atoms. The van der Waals surface area contributed by atoms with E-state index in [4.69, 9.17) is 0 Å². The molecule has 1 aliphatic carbocycles. The second-order valence-electron chi connectivity index (χ2n) is 8.24. The van der Waals surface area contributed by atoms with Crippen LogP contribution in [0.15, 0.2) is 29.4 Å². The Hall–Kier alpha value is -1.71. The van der Waals surface area contributed by atoms with E-state index in [2.05, 4.69) is 36.3 Å². The van der Waals surface area contributed by atoms with Crippen LogP contribution in [0, 0.1) is 5.92 Å². The first-order valence-corrected chi connectivity index (χ1v) is 12.8. The molecule has 0 aromatic carbocycles. The highest BCUT2D eigenvalue weighted by Crippen LogP contribution is 2.25. The number of nitrogens with one attached hydrogen (secondary N) is 3. The van der Waals surface area contributed by atoms with Gasteiger partial charge in [-0.15, -0.1) is 0 Å². The highest BCUT2D eigenvalue weighted by atomic mass is 32.2. The first kappa shape index (κ1) is 23.0. The maximum Gasteiger partial charge on any atom is 0.213 e. The van der Waals surface area contributed by atoms with Gasteiger partial charge in [-0.3, -0.25) is 14.9 Å². The number of pyridine rings is 1. The van der Waals surface area contributed by atoms with Crippen LogP contribution in [0.2, 0.25) is 0 Å². The number of aliphatic imine (C=N–C) groups is 1. The molecule has 1 aliphatic heterocycles. The summed E-state index contributed by atoms with van der Waals surface area (Å²) in [5.74, 6) is 1.25. The number of rotatable bonds is 10. The zero-order valence-electron chi connectivity index (χ0n) is 18.0. The van der Waals surface area contributed by atoms with E-state index in [9.17, 15) is 8.42 Å². The number of aromatic nitrogens is 1. The summed E-state index contributed by atoms with van der Waals surface area (Å²) in [5.41, 5.74) is 1.10. The van der Waals surface area contributed by atoms with Crippen molar-refractivity contribution >= 4 is 16.0 Å². The van der Waals surface area contributed by atoms with Gasteiger partial charge in [0.1, 0.15) is 0 Å². The van der Waals surface area contributed by atoms with Gasteiger partial charge in [0, 0.05) is 45.0 Å². The highest BCUT2D eigenvalue weighted by molar-refractivity contribution is 7.89. The molecule has 1 saturated carbocycles. The van der Waals surface area contributed by atoms with E-state index < -0.39 is 10.0 Å². The molecule has 2 heterocycles. The fourth-order valence-electron chi connectivity index (χ4n) is 3.76. The number of likely N-dealkylation sites (tertiary alicyclic amines) is 1. The fraction of sp³-hybridized carbons (Fsp3) is 0.714. The molecule has 0 amide bonds. The second kappa shape index (κ2) is 11.6. The highest BCUT2D eigenvalue weighted by Gasteiger charge is 2.21. The standard InChI is InChI=1S/C21H36N6O2S/c1-2-22-21(24-12-15-30(28,29)25-16-18-6-5-7-18)26-19-9-13-27(14-10-19)17-20-8-3-4-11-23-20/h3-4,8,11,18-19,25H,2,5-7,9-10,12-17H2,1H3,(H2,22,24,26). The molecular formula is C21H36N6O2S. The van der Waals surface area contributed by atoms with Crippen LogP contribution >= 0.6 is 0 Å². The summed E-state index contributed by atoms with van der Waals surface area (Å²) in [6, 6.07) is 6.38. The topological polar surface area (TPSA) is 98.7 Å². The Morgan fingerprint density at radius 2 is 2.03 bits per heavy atom. The molecule has 3 N–H and O–H groups in total. The third-order valence-corrected chi connectivity index (χ3v) is 7.16. The molecule has 168 valence electrons. The van der Waals surface area contributed by atoms with Crippen LogP contribution in [0.25, 0.3) is 0 Å². The summed E-state index contributed by atoms with van der Waals surface area (Å²) >= 11 is 0. The van der Waals surface area contributed by atoms with Gasteiger partial charge in [0.25, 0.3) is 0 Å². The zero-order valence-corrected chi connectivity index (χ0v) is 18.8. The van der Waals surface area contributed by atoms with Crippen LogP contribution in [-0.2, 0) is 16.6 Å². The van der Waals surface area contributed by atoms with Crippen molar-refractivity contribution < 1.29 is 8.42 Å². The molecule has 1 aromatic rings. The second-order valence-corrected chi connectivity index (χ2v) is 10.2. The molecule has 1 aromatic heterocycles. The fourth-order valence-corrected chi connectivity index (χ4v) is 4.73. The SMILES string of the molecule is CCNC(=NCCS(=O)(=O)NCC1CCC1)NC1CCN(Cc2ccccn2)CC1. The Kier molecular flexibility index (Phi) is 8.89. The van der Waals surface area contributed by atoms with Crippen molar-refractivity contribution in [1.29, 1.82) is 0 Å². The van der Waals surface area contributed by atoms with E-state index in [1.165, 1.54) is 6.42 Å². The van der Waals surface area contributed by atoms with Gasteiger partial charge in [-0.1, -0.05) is 12.5 Å². The Morgan fingerprint density at radius 1 is 1.23 bits per heavy atom. The Morgan fingerprint density at radius 3 is 2.67 bits per heavy atom. The van der Waals surface area contributed by atoms with Crippen LogP contribution in [-0.4, -0.2) is 68.8 Å². The van der Waals surface area contributed by atoms with E-state index >= 15 is 0 Å². The Bertz CT molecular complexity index is 759. The summed E-state index contributed by atoms with van der Waals surface area (Å²) in [5, 5.41) is 6.71. The molecule has 0 unspecified atom stereocenters. The third kappa shape index (κ3) is 7.85. The van der Waals surface area contributed by atoms with Crippen LogP contribution < -0.4 is 15.4 Å². The van der Waals surface area contributed by atoms with E-state index in [1.807, 2.05) is 25.3 Å². The Balaban J connectivity index is 1.40. The molecule has 8 nitrogen and oxygen atoms in total. The lowest BCUT2D eigenvalue weighted by atomic mass is 9.86. The van der Waals surface area contributed by atoms with E-state index in [1.54, 1.807) is 0 Å². The van der Waals surface area contributed by atoms with Crippen molar-refractivity contribution in [2.75, 3.05) is 38.5 Å². The van der Waals surface area contributed by atoms with Crippen LogP contribution in [0.1, 0.15) is 44.7 Å². The number of hydrogen-bond donors (Lipinski definition) is 3. The van der Waals surface area contributed by atoms with Gasteiger partial charge >= 0.3 is 0 Å². The van der Waals surface area contributed by atoms with Crippen LogP contribution in [0.4, 0.5) is 0 Å². The molecule has 0 radical (unpaired) electrons. The van der Waals surface area contributed by atoms with E-state index in [0.717, 1.165) is 57.6 Å². The lowest BCUT2D eigenvalue weighted by Gasteiger charge is -2.32. The first-order chi connectivity index (χ1) is 14.5. The maximum atomic E-state index is 12.2. The first-order valence-electron chi connectivity index (χ1n) is 11.2. The smallest absolute Gasteiger partial charge is 0.213 e. The summed E-state index contributed by atoms with van der Waals surface area (Å²) in [6.45, 7) is 6.49. The van der Waals surface area contributed by atoms with Crippen molar-refractivity contribution in [3.8, 4) is 0 Å². The zero-order chi connectivity index (χ0) is 21.2. The number of piperidine rings is 1. The molecule has 0 spiro atoms. The minimum absolute atomic E-state index is 0.0266. The van der Waals surface area contributed by atoms with Crippen molar-refractivity contribution in [3.05, 3.63) is 30.1 Å². The van der Waals surface area contributed by atoms with Crippen molar-refractivity contribution in [1.82, 2.24) is 25.2 Å². The number of sulfonamides is 1. The molecule has 1 saturated heterocycles. The summed E-state index contributed by atoms with van der Waals surface area (Å²) in [7, 11) is -3.26. The Labute approximate surface area is 181 Å². The molecule has 2 fully saturated rings. The number of guanidine groups is 1. The molecular weight excluding hydrogens is 400 g/mol. The molecule has 0 atom stereocenters. The minimum atomic E-state index is -3.26. The van der Waals surface area contributed by atoms with Crippen LogP contribution in [0.3, 0.4) is 0 Å². The van der Waals surface area contributed by atoms with Gasteiger partial charge in [0.15, 0.2) is 5.96 Å². The molecule has 30 heavy (non-hydrogen) atoms. The maximum absolute atomic E-state index is 12.2. The molecule has 3 rings (SSSR count). The van der Waals surface area contributed by atoms with Crippen molar-refractivity contribution in [2.45, 2.75) is 51.6 Å². The summed E-state index contributed by atoms with van der Waals surface area (Å²) < 4.78 is 27.0.